The lowest BCUT2D eigenvalue weighted by molar-refractivity contribution is -0.139. The number of hydrogen-bond acceptors (Lipinski definition) is 4. The lowest BCUT2D eigenvalue weighted by Gasteiger charge is -2.12. The van der Waals surface area contributed by atoms with E-state index in [-0.39, 0.29) is 18.7 Å². The molecule has 1 heterocycles. The van der Waals surface area contributed by atoms with Crippen LogP contribution in [0.15, 0.2) is 12.3 Å². The molecule has 1 aromatic rings. The average molecular weight is 227 g/mol. The maximum atomic E-state index is 11.6. The zero-order valence-electron chi connectivity index (χ0n) is 8.75. The first-order chi connectivity index (χ1) is 7.56. The summed E-state index contributed by atoms with van der Waals surface area (Å²) in [5.41, 5.74) is 0.268. The Bertz CT molecular complexity index is 388. The van der Waals surface area contributed by atoms with E-state index in [1.165, 1.54) is 16.9 Å². The van der Waals surface area contributed by atoms with Gasteiger partial charge in [0.15, 0.2) is 0 Å². The van der Waals surface area contributed by atoms with Gasteiger partial charge >= 0.3 is 5.97 Å². The molecule has 0 bridgehead atoms. The molecule has 0 fully saturated rings. The Labute approximate surface area is 91.7 Å². The molecule has 0 spiro atoms. The lowest BCUT2D eigenvalue weighted by Crippen LogP contribution is -2.42. The van der Waals surface area contributed by atoms with Crippen molar-refractivity contribution in [1.82, 2.24) is 15.1 Å². The van der Waals surface area contributed by atoms with E-state index in [1.54, 1.807) is 7.05 Å². The first-order valence-corrected chi connectivity index (χ1v) is 4.68. The molecule has 7 heteroatoms. The van der Waals surface area contributed by atoms with Crippen molar-refractivity contribution in [3.05, 3.63) is 18.0 Å². The second-order valence-electron chi connectivity index (χ2n) is 3.22. The fraction of sp³-hybridized carbons (Fsp3) is 0.444. The molecule has 0 unspecified atom stereocenters. The maximum absolute atomic E-state index is 11.6. The first kappa shape index (κ1) is 12.2. The molecule has 1 amide bonds. The van der Waals surface area contributed by atoms with Gasteiger partial charge in [0.05, 0.1) is 0 Å². The smallest absolute Gasteiger partial charge is 0.326 e. The summed E-state index contributed by atoms with van der Waals surface area (Å²) in [6.07, 6.45) is 1.41. The minimum absolute atomic E-state index is 0.0288. The van der Waals surface area contributed by atoms with Gasteiger partial charge in [0, 0.05) is 26.3 Å². The van der Waals surface area contributed by atoms with Gasteiger partial charge in [-0.25, -0.2) is 4.79 Å². The standard InChI is InChI=1S/C9H13N3O4/c1-12-7(2-4-10-12)8(14)11-6(3-5-13)9(15)16/h2,4,6,13H,3,5H2,1H3,(H,11,14)(H,15,16)/t6-/m1/s1. The van der Waals surface area contributed by atoms with Gasteiger partial charge in [-0.1, -0.05) is 0 Å². The maximum Gasteiger partial charge on any atom is 0.326 e. The Morgan fingerprint density at radius 2 is 2.31 bits per heavy atom. The molecule has 0 radical (unpaired) electrons. The van der Waals surface area contributed by atoms with E-state index in [1.807, 2.05) is 0 Å². The third-order valence-corrected chi connectivity index (χ3v) is 2.07. The van der Waals surface area contributed by atoms with Crippen molar-refractivity contribution in [3.8, 4) is 0 Å². The van der Waals surface area contributed by atoms with Crippen molar-refractivity contribution in [2.24, 2.45) is 7.05 Å². The van der Waals surface area contributed by atoms with Crippen LogP contribution >= 0.6 is 0 Å². The molecule has 0 aliphatic rings. The molecule has 1 atom stereocenters. The topological polar surface area (TPSA) is 104 Å². The first-order valence-electron chi connectivity index (χ1n) is 4.68. The van der Waals surface area contributed by atoms with Crippen molar-refractivity contribution in [1.29, 1.82) is 0 Å². The summed E-state index contributed by atoms with van der Waals surface area (Å²) >= 11 is 0. The van der Waals surface area contributed by atoms with E-state index in [4.69, 9.17) is 10.2 Å². The van der Waals surface area contributed by atoms with Crippen LogP contribution in [-0.4, -0.2) is 44.5 Å². The van der Waals surface area contributed by atoms with Gasteiger partial charge in [-0.2, -0.15) is 5.10 Å². The van der Waals surface area contributed by atoms with E-state index < -0.39 is 17.9 Å². The fourth-order valence-corrected chi connectivity index (χ4v) is 1.22. The number of carboxylic acid groups (broad SMARTS) is 1. The minimum Gasteiger partial charge on any atom is -0.480 e. The second kappa shape index (κ2) is 5.26. The summed E-state index contributed by atoms with van der Waals surface area (Å²) in [7, 11) is 1.58. The lowest BCUT2D eigenvalue weighted by atomic mass is 10.2. The zero-order valence-corrected chi connectivity index (χ0v) is 8.75. The molecule has 0 aromatic carbocycles. The highest BCUT2D eigenvalue weighted by atomic mass is 16.4. The number of carbonyl (C=O) groups excluding carboxylic acids is 1. The second-order valence-corrected chi connectivity index (χ2v) is 3.22. The molecular weight excluding hydrogens is 214 g/mol. The summed E-state index contributed by atoms with van der Waals surface area (Å²) in [6.45, 7) is -0.303. The van der Waals surface area contributed by atoms with Gasteiger partial charge < -0.3 is 15.5 Å². The third kappa shape index (κ3) is 2.80. The van der Waals surface area contributed by atoms with Gasteiger partial charge in [0.25, 0.3) is 5.91 Å². The number of nitrogens with zero attached hydrogens (tertiary/aromatic N) is 2. The van der Waals surface area contributed by atoms with Crippen LogP contribution in [0.1, 0.15) is 16.9 Å². The van der Waals surface area contributed by atoms with Crippen molar-refractivity contribution >= 4 is 11.9 Å². The zero-order chi connectivity index (χ0) is 12.1. The number of nitrogens with one attached hydrogen (secondary N) is 1. The number of hydrogen-bond donors (Lipinski definition) is 3. The van der Waals surface area contributed by atoms with Crippen LogP contribution in [0.5, 0.6) is 0 Å². The van der Waals surface area contributed by atoms with Crippen molar-refractivity contribution < 1.29 is 19.8 Å². The summed E-state index contributed by atoms with van der Waals surface area (Å²) < 4.78 is 1.34. The fourth-order valence-electron chi connectivity index (χ4n) is 1.22. The van der Waals surface area contributed by atoms with E-state index in [0.29, 0.717) is 0 Å². The third-order valence-electron chi connectivity index (χ3n) is 2.07. The summed E-state index contributed by atoms with van der Waals surface area (Å²) in [5.74, 6) is -1.70. The molecule has 16 heavy (non-hydrogen) atoms. The van der Waals surface area contributed by atoms with Crippen molar-refractivity contribution in [2.75, 3.05) is 6.61 Å². The van der Waals surface area contributed by atoms with Crippen molar-refractivity contribution in [3.63, 3.8) is 0 Å². The van der Waals surface area contributed by atoms with Gasteiger partial charge in [-0.05, 0) is 6.07 Å². The summed E-state index contributed by atoms with van der Waals surface area (Å²) in [6, 6.07) is 0.389. The number of aliphatic hydroxyl groups is 1. The average Bonchev–Trinajstić information content (AvgIpc) is 2.63. The monoisotopic (exact) mass is 227 g/mol. The Morgan fingerprint density at radius 3 is 2.75 bits per heavy atom. The van der Waals surface area contributed by atoms with Gasteiger partial charge in [0.1, 0.15) is 11.7 Å². The molecule has 0 saturated heterocycles. The number of aliphatic hydroxyl groups excluding tert-OH is 1. The van der Waals surface area contributed by atoms with Crippen LogP contribution in [0.2, 0.25) is 0 Å². The number of aromatic nitrogens is 2. The number of aliphatic carboxylic acids is 1. The highest BCUT2D eigenvalue weighted by Crippen LogP contribution is 1.99. The molecule has 0 aliphatic carbocycles. The van der Waals surface area contributed by atoms with E-state index >= 15 is 0 Å². The van der Waals surface area contributed by atoms with Crippen LogP contribution in [0.25, 0.3) is 0 Å². The SMILES string of the molecule is Cn1nccc1C(=O)N[C@H](CCO)C(=O)O. The molecule has 0 aliphatic heterocycles. The highest BCUT2D eigenvalue weighted by molar-refractivity contribution is 5.95. The number of aryl methyl sites for hydroxylation is 1. The normalized spacial score (nSPS) is 12.1. The molecule has 88 valence electrons. The van der Waals surface area contributed by atoms with Crippen molar-refractivity contribution in [2.45, 2.75) is 12.5 Å². The van der Waals surface area contributed by atoms with Crippen LogP contribution in [0.3, 0.4) is 0 Å². The van der Waals surface area contributed by atoms with E-state index in [0.717, 1.165) is 0 Å². The van der Waals surface area contributed by atoms with Gasteiger partial charge in [0.2, 0.25) is 0 Å². The van der Waals surface area contributed by atoms with E-state index in [2.05, 4.69) is 10.4 Å². The number of carboxylic acids is 1. The van der Waals surface area contributed by atoms with Gasteiger partial charge in [-0.3, -0.25) is 9.48 Å². The molecule has 3 N–H and O–H groups in total. The Kier molecular flexibility index (Phi) is 4.01. The molecule has 0 saturated carbocycles. The quantitative estimate of drug-likeness (QED) is 0.597. The minimum atomic E-state index is -1.18. The highest BCUT2D eigenvalue weighted by Gasteiger charge is 2.21. The Hall–Kier alpha value is -1.89. The van der Waals surface area contributed by atoms with E-state index in [9.17, 15) is 9.59 Å². The number of rotatable bonds is 5. The number of amides is 1. The molecular formula is C9H13N3O4. The number of carbonyl (C=O) groups is 2. The Morgan fingerprint density at radius 1 is 1.62 bits per heavy atom. The van der Waals surface area contributed by atoms with Crippen LogP contribution in [0.4, 0.5) is 0 Å². The molecule has 7 nitrogen and oxygen atoms in total. The summed E-state index contributed by atoms with van der Waals surface area (Å²) in [4.78, 5) is 22.3. The largest absolute Gasteiger partial charge is 0.480 e. The summed E-state index contributed by atoms with van der Waals surface area (Å²) in [5, 5.41) is 23.5. The Balaban J connectivity index is 2.69. The molecule has 1 rings (SSSR count). The van der Waals surface area contributed by atoms with Gasteiger partial charge in [-0.15, -0.1) is 0 Å². The predicted molar refractivity (Wildman–Crippen MR) is 53.8 cm³/mol. The molecule has 1 aromatic heterocycles. The van der Waals surface area contributed by atoms with Crippen LogP contribution in [0, 0.1) is 0 Å². The van der Waals surface area contributed by atoms with Crippen LogP contribution in [-0.2, 0) is 11.8 Å². The predicted octanol–water partition coefficient (Wildman–Crippen LogP) is -1.01. The van der Waals surface area contributed by atoms with Crippen LogP contribution < -0.4 is 5.32 Å².